The third-order valence-corrected chi connectivity index (χ3v) is 5.82. The summed E-state index contributed by atoms with van der Waals surface area (Å²) in [7, 11) is -3.77. The number of alkyl halides is 3. The van der Waals surface area contributed by atoms with Crippen LogP contribution in [-0.4, -0.2) is 50.3 Å². The largest absolute Gasteiger partial charge is 0.573 e. The first-order valence-corrected chi connectivity index (χ1v) is 10.2. The summed E-state index contributed by atoms with van der Waals surface area (Å²) >= 11 is 0. The Morgan fingerprint density at radius 3 is 2.54 bits per heavy atom. The van der Waals surface area contributed by atoms with Gasteiger partial charge in [-0.2, -0.15) is 0 Å². The summed E-state index contributed by atoms with van der Waals surface area (Å²) in [5, 5.41) is 0. The quantitative estimate of drug-likeness (QED) is 0.759. The Bertz CT molecular complexity index is 857. The number of amides is 2. The number of halogens is 3. The average molecular weight is 422 g/mol. The van der Waals surface area contributed by atoms with Gasteiger partial charge in [-0.05, 0) is 31.9 Å². The molecule has 1 atom stereocenters. The summed E-state index contributed by atoms with van der Waals surface area (Å²) in [6.07, 6.45) is -4.45. The maximum absolute atomic E-state index is 12.7. The lowest BCUT2D eigenvalue weighted by molar-refractivity contribution is -0.274. The third kappa shape index (κ3) is 5.37. The van der Waals surface area contributed by atoms with E-state index in [0.29, 0.717) is 6.42 Å². The van der Waals surface area contributed by atoms with Crippen molar-refractivity contribution in [2.45, 2.75) is 33.1 Å². The fourth-order valence-corrected chi connectivity index (χ4v) is 4.10. The van der Waals surface area contributed by atoms with Gasteiger partial charge in [-0.1, -0.05) is 19.1 Å². The van der Waals surface area contributed by atoms with Gasteiger partial charge in [-0.3, -0.25) is 14.3 Å². The normalized spacial score (nSPS) is 20.1. The minimum Gasteiger partial charge on any atom is -0.405 e. The zero-order valence-corrected chi connectivity index (χ0v) is 16.2. The van der Waals surface area contributed by atoms with Gasteiger partial charge in [0.1, 0.15) is 5.75 Å². The lowest BCUT2D eigenvalue weighted by atomic mass is 9.89. The van der Waals surface area contributed by atoms with Crippen molar-refractivity contribution in [2.75, 3.05) is 18.8 Å². The Balaban J connectivity index is 2.15. The van der Waals surface area contributed by atoms with E-state index in [0.717, 1.165) is 6.07 Å². The number of nitrogens with one attached hydrogen (secondary N) is 1. The summed E-state index contributed by atoms with van der Waals surface area (Å²) < 4.78 is 67.2. The predicted octanol–water partition coefficient (Wildman–Crippen LogP) is 2.29. The van der Waals surface area contributed by atoms with E-state index in [9.17, 15) is 31.2 Å². The standard InChI is InChI=1S/C17H21F3N2O5S/c1-3-10-28(25,26)21-15(24)16(2)8-9-22(11-16)14(23)12-6-4-5-7-13(12)27-17(18,19)20/h4-7H,3,8-11H2,1-2H3,(H,21,24). The number of para-hydroxylation sites is 1. The summed E-state index contributed by atoms with van der Waals surface area (Å²) in [6, 6.07) is 4.93. The van der Waals surface area contributed by atoms with Crippen molar-refractivity contribution in [1.82, 2.24) is 9.62 Å². The van der Waals surface area contributed by atoms with Crippen LogP contribution in [-0.2, 0) is 14.8 Å². The average Bonchev–Trinajstić information content (AvgIpc) is 2.96. The number of sulfonamides is 1. The van der Waals surface area contributed by atoms with Crippen LogP contribution in [0.3, 0.4) is 0 Å². The Morgan fingerprint density at radius 1 is 1.29 bits per heavy atom. The molecule has 0 radical (unpaired) electrons. The molecule has 1 unspecified atom stereocenters. The van der Waals surface area contributed by atoms with Gasteiger partial charge < -0.3 is 9.64 Å². The first-order chi connectivity index (χ1) is 12.9. The molecule has 1 aliphatic rings. The molecule has 11 heteroatoms. The first-order valence-electron chi connectivity index (χ1n) is 8.56. The van der Waals surface area contributed by atoms with Crippen molar-refractivity contribution in [3.8, 4) is 5.75 Å². The van der Waals surface area contributed by atoms with Gasteiger partial charge >= 0.3 is 6.36 Å². The van der Waals surface area contributed by atoms with Crippen LogP contribution in [0.4, 0.5) is 13.2 Å². The smallest absolute Gasteiger partial charge is 0.405 e. The van der Waals surface area contributed by atoms with E-state index in [1.54, 1.807) is 6.92 Å². The molecule has 2 amide bonds. The van der Waals surface area contributed by atoms with E-state index in [1.807, 2.05) is 4.72 Å². The molecule has 1 fully saturated rings. The van der Waals surface area contributed by atoms with Crippen molar-refractivity contribution in [1.29, 1.82) is 0 Å². The SMILES string of the molecule is CCCS(=O)(=O)NC(=O)C1(C)CCN(C(=O)c2ccccc2OC(F)(F)F)C1. The van der Waals surface area contributed by atoms with Crippen LogP contribution in [0.1, 0.15) is 37.0 Å². The summed E-state index contributed by atoms with van der Waals surface area (Å²) in [5.74, 6) is -2.31. The second kappa shape index (κ2) is 7.98. The molecule has 0 spiro atoms. The van der Waals surface area contributed by atoms with Crippen molar-refractivity contribution in [3.05, 3.63) is 29.8 Å². The highest BCUT2D eigenvalue weighted by molar-refractivity contribution is 7.90. The van der Waals surface area contributed by atoms with Crippen molar-refractivity contribution >= 4 is 21.8 Å². The van der Waals surface area contributed by atoms with Crippen molar-refractivity contribution in [3.63, 3.8) is 0 Å². The maximum Gasteiger partial charge on any atom is 0.573 e. The molecular weight excluding hydrogens is 401 g/mol. The third-order valence-electron chi connectivity index (χ3n) is 4.37. The topological polar surface area (TPSA) is 92.8 Å². The number of hydrogen-bond donors (Lipinski definition) is 1. The van der Waals surface area contributed by atoms with E-state index in [1.165, 1.54) is 30.0 Å². The van der Waals surface area contributed by atoms with Crippen LogP contribution >= 0.6 is 0 Å². The Morgan fingerprint density at radius 2 is 1.93 bits per heavy atom. The molecule has 28 heavy (non-hydrogen) atoms. The minimum atomic E-state index is -4.95. The summed E-state index contributed by atoms with van der Waals surface area (Å²) in [6.45, 7) is 3.13. The van der Waals surface area contributed by atoms with E-state index in [4.69, 9.17) is 0 Å². The van der Waals surface area contributed by atoms with E-state index in [2.05, 4.69) is 4.74 Å². The molecular formula is C17H21F3N2O5S. The van der Waals surface area contributed by atoms with Gasteiger partial charge in [0.25, 0.3) is 5.91 Å². The van der Waals surface area contributed by atoms with Crippen LogP contribution in [0.5, 0.6) is 5.75 Å². The van der Waals surface area contributed by atoms with Gasteiger partial charge in [-0.25, -0.2) is 8.42 Å². The second-order valence-electron chi connectivity index (χ2n) is 6.83. The highest BCUT2D eigenvalue weighted by Crippen LogP contribution is 2.33. The minimum absolute atomic E-state index is 0.0942. The van der Waals surface area contributed by atoms with Crippen LogP contribution in [0.15, 0.2) is 24.3 Å². The Kier molecular flexibility index (Phi) is 6.27. The molecule has 1 aromatic rings. The highest BCUT2D eigenvalue weighted by atomic mass is 32.2. The number of hydrogen-bond acceptors (Lipinski definition) is 5. The molecule has 1 aromatic carbocycles. The fraction of sp³-hybridized carbons (Fsp3) is 0.529. The van der Waals surface area contributed by atoms with Crippen LogP contribution in [0.2, 0.25) is 0 Å². The molecule has 156 valence electrons. The first kappa shape index (κ1) is 22.0. The van der Waals surface area contributed by atoms with Gasteiger partial charge in [-0.15, -0.1) is 13.2 Å². The highest BCUT2D eigenvalue weighted by Gasteiger charge is 2.44. The number of nitrogens with zero attached hydrogens (tertiary/aromatic N) is 1. The van der Waals surface area contributed by atoms with Gasteiger partial charge in [0, 0.05) is 13.1 Å². The molecule has 0 aromatic heterocycles. The Hall–Kier alpha value is -2.30. The summed E-state index contributed by atoms with van der Waals surface area (Å²) in [4.78, 5) is 26.3. The van der Waals surface area contributed by atoms with Gasteiger partial charge in [0.2, 0.25) is 15.9 Å². The van der Waals surface area contributed by atoms with Crippen molar-refractivity contribution < 1.29 is 35.9 Å². The molecule has 1 heterocycles. The number of likely N-dealkylation sites (tertiary alicyclic amines) is 1. The molecule has 2 rings (SSSR count). The predicted molar refractivity (Wildman–Crippen MR) is 94.0 cm³/mol. The van der Waals surface area contributed by atoms with E-state index in [-0.39, 0.29) is 30.8 Å². The monoisotopic (exact) mass is 422 g/mol. The van der Waals surface area contributed by atoms with Crippen molar-refractivity contribution in [2.24, 2.45) is 5.41 Å². The zero-order chi connectivity index (χ0) is 21.2. The Labute approximate surface area is 160 Å². The molecule has 0 bridgehead atoms. The van der Waals surface area contributed by atoms with Gasteiger partial charge in [0.05, 0.1) is 16.7 Å². The van der Waals surface area contributed by atoms with E-state index >= 15 is 0 Å². The number of carbonyl (C=O) groups is 2. The maximum atomic E-state index is 12.7. The van der Waals surface area contributed by atoms with Crippen LogP contribution in [0, 0.1) is 5.41 Å². The lowest BCUT2D eigenvalue weighted by Crippen LogP contribution is -2.44. The zero-order valence-electron chi connectivity index (χ0n) is 15.4. The number of carbonyl (C=O) groups excluding carboxylic acids is 2. The number of ether oxygens (including phenoxy) is 1. The molecule has 1 saturated heterocycles. The molecule has 0 aliphatic carbocycles. The second-order valence-corrected chi connectivity index (χ2v) is 8.67. The number of rotatable bonds is 6. The molecule has 1 aliphatic heterocycles. The fourth-order valence-electron chi connectivity index (χ4n) is 2.93. The van der Waals surface area contributed by atoms with E-state index < -0.39 is 39.4 Å². The number of benzene rings is 1. The summed E-state index contributed by atoms with van der Waals surface area (Å²) in [5.41, 5.74) is -1.46. The lowest BCUT2D eigenvalue weighted by Gasteiger charge is -2.24. The van der Waals surface area contributed by atoms with Gasteiger partial charge in [0.15, 0.2) is 0 Å². The molecule has 0 saturated carbocycles. The van der Waals surface area contributed by atoms with Crippen LogP contribution < -0.4 is 9.46 Å². The van der Waals surface area contributed by atoms with Crippen LogP contribution in [0.25, 0.3) is 0 Å². The molecule has 7 nitrogen and oxygen atoms in total. The molecule has 1 N–H and O–H groups in total.